The van der Waals surface area contributed by atoms with Gasteiger partial charge in [-0.15, -0.1) is 0 Å². The van der Waals surface area contributed by atoms with Crippen molar-refractivity contribution in [3.63, 3.8) is 0 Å². The molecule has 1 aliphatic rings. The van der Waals surface area contributed by atoms with E-state index in [9.17, 15) is 4.79 Å². The highest BCUT2D eigenvalue weighted by Gasteiger charge is 2.29. The van der Waals surface area contributed by atoms with Gasteiger partial charge in [-0.2, -0.15) is 0 Å². The van der Waals surface area contributed by atoms with Crippen LogP contribution in [0.25, 0.3) is 0 Å². The summed E-state index contributed by atoms with van der Waals surface area (Å²) in [4.78, 5) is 13.0. The molecular formula is C10H14N2O3. The number of hydrogen-bond acceptors (Lipinski definition) is 3. The van der Waals surface area contributed by atoms with Gasteiger partial charge in [-0.05, 0) is 6.92 Å². The van der Waals surface area contributed by atoms with Crippen molar-refractivity contribution in [1.82, 2.24) is 4.57 Å². The van der Waals surface area contributed by atoms with Crippen LogP contribution < -0.4 is 9.64 Å². The first-order valence-corrected chi connectivity index (χ1v) is 4.81. The van der Waals surface area contributed by atoms with Crippen LogP contribution >= 0.6 is 0 Å². The Morgan fingerprint density at radius 2 is 2.27 bits per heavy atom. The average Bonchev–Trinajstić information content (AvgIpc) is 2.40. The van der Waals surface area contributed by atoms with E-state index in [2.05, 4.69) is 0 Å². The maximum Gasteiger partial charge on any atom is 0.354 e. The molecule has 0 fully saturated rings. The van der Waals surface area contributed by atoms with Crippen LogP contribution in [-0.4, -0.2) is 35.3 Å². The molecule has 0 spiro atoms. The Morgan fingerprint density at radius 1 is 1.60 bits per heavy atom. The first-order chi connectivity index (χ1) is 7.00. The fraction of sp³-hybridized carbons (Fsp3) is 0.500. The highest BCUT2D eigenvalue weighted by atomic mass is 16.5. The summed E-state index contributed by atoms with van der Waals surface area (Å²) < 4.78 is 7.17. The fourth-order valence-electron chi connectivity index (χ4n) is 2.02. The molecule has 15 heavy (non-hydrogen) atoms. The minimum absolute atomic E-state index is 0.0894. The molecule has 5 heteroatoms. The largest absolute Gasteiger partial charge is 0.485 e. The molecule has 82 valence electrons. The second-order valence-corrected chi connectivity index (χ2v) is 3.92. The molecule has 1 aliphatic heterocycles. The van der Waals surface area contributed by atoms with Crippen LogP contribution in [0.5, 0.6) is 5.75 Å². The van der Waals surface area contributed by atoms with E-state index in [0.717, 1.165) is 0 Å². The van der Waals surface area contributed by atoms with Crippen LogP contribution in [-0.2, 0) is 7.05 Å². The highest BCUT2D eigenvalue weighted by Crippen LogP contribution is 2.37. The quantitative estimate of drug-likeness (QED) is 0.749. The van der Waals surface area contributed by atoms with Crippen LogP contribution in [0.2, 0.25) is 0 Å². The Labute approximate surface area is 87.9 Å². The summed E-state index contributed by atoms with van der Waals surface area (Å²) >= 11 is 0. The van der Waals surface area contributed by atoms with Crippen molar-refractivity contribution in [1.29, 1.82) is 0 Å². The number of likely N-dealkylation sites (N-methyl/N-ethyl adjacent to an activating group) is 1. The van der Waals surface area contributed by atoms with E-state index in [4.69, 9.17) is 9.84 Å². The fourth-order valence-corrected chi connectivity index (χ4v) is 2.02. The molecule has 1 aromatic rings. The normalized spacial score (nSPS) is 19.7. The summed E-state index contributed by atoms with van der Waals surface area (Å²) in [5, 5.41) is 9.09. The number of fused-ring (bicyclic) bond motifs is 1. The third-order valence-corrected chi connectivity index (χ3v) is 2.56. The van der Waals surface area contributed by atoms with Gasteiger partial charge in [0, 0.05) is 20.3 Å². The topological polar surface area (TPSA) is 54.7 Å². The van der Waals surface area contributed by atoms with Crippen LogP contribution in [0.4, 0.5) is 5.69 Å². The van der Waals surface area contributed by atoms with Crippen LogP contribution in [0.15, 0.2) is 6.20 Å². The van der Waals surface area contributed by atoms with E-state index in [1.54, 1.807) is 17.8 Å². The SMILES string of the molecule is CC1CN(C)c2c(cn(C)c2C(=O)O)O1. The molecule has 0 bridgehead atoms. The number of hydrogen-bond donors (Lipinski definition) is 1. The van der Waals surface area contributed by atoms with Crippen LogP contribution in [0.1, 0.15) is 17.4 Å². The number of anilines is 1. The van der Waals surface area contributed by atoms with Crippen molar-refractivity contribution in [2.75, 3.05) is 18.5 Å². The molecule has 2 rings (SSSR count). The Morgan fingerprint density at radius 3 is 2.87 bits per heavy atom. The monoisotopic (exact) mass is 210 g/mol. The number of rotatable bonds is 1. The molecule has 0 amide bonds. The molecule has 1 unspecified atom stereocenters. The van der Waals surface area contributed by atoms with Gasteiger partial charge < -0.3 is 19.3 Å². The lowest BCUT2D eigenvalue weighted by Gasteiger charge is -2.30. The van der Waals surface area contributed by atoms with E-state index >= 15 is 0 Å². The maximum atomic E-state index is 11.1. The smallest absolute Gasteiger partial charge is 0.354 e. The van der Waals surface area contributed by atoms with Gasteiger partial charge in [0.05, 0.1) is 6.54 Å². The number of aromatic nitrogens is 1. The minimum Gasteiger partial charge on any atom is -0.485 e. The molecule has 1 aromatic heterocycles. The molecule has 0 aromatic carbocycles. The lowest BCUT2D eigenvalue weighted by atomic mass is 10.2. The van der Waals surface area contributed by atoms with Gasteiger partial charge in [0.25, 0.3) is 0 Å². The van der Waals surface area contributed by atoms with E-state index in [-0.39, 0.29) is 11.8 Å². The number of nitrogens with zero attached hydrogens (tertiary/aromatic N) is 2. The first-order valence-electron chi connectivity index (χ1n) is 4.81. The number of aromatic carboxylic acids is 1. The van der Waals surface area contributed by atoms with E-state index in [1.165, 1.54) is 0 Å². The molecule has 0 saturated heterocycles. The van der Waals surface area contributed by atoms with E-state index < -0.39 is 5.97 Å². The average molecular weight is 210 g/mol. The minimum atomic E-state index is -0.927. The van der Waals surface area contributed by atoms with Crippen molar-refractivity contribution in [3.05, 3.63) is 11.9 Å². The van der Waals surface area contributed by atoms with E-state index in [0.29, 0.717) is 18.0 Å². The highest BCUT2D eigenvalue weighted by molar-refractivity contribution is 5.95. The van der Waals surface area contributed by atoms with Gasteiger partial charge in [-0.1, -0.05) is 0 Å². The van der Waals surface area contributed by atoms with Gasteiger partial charge in [0.15, 0.2) is 11.4 Å². The Kier molecular flexibility index (Phi) is 2.10. The standard InChI is InChI=1S/C10H14N2O3/c1-6-4-11(2)8-7(15-6)5-12(3)9(8)10(13)14/h5-6H,4H2,1-3H3,(H,13,14). The van der Waals surface area contributed by atoms with E-state index in [1.807, 2.05) is 18.9 Å². The second kappa shape index (κ2) is 3.18. The summed E-state index contributed by atoms with van der Waals surface area (Å²) in [6.45, 7) is 2.67. The Balaban J connectivity index is 2.56. The van der Waals surface area contributed by atoms with Gasteiger partial charge in [-0.25, -0.2) is 4.79 Å². The zero-order valence-electron chi connectivity index (χ0n) is 9.02. The molecule has 5 nitrogen and oxygen atoms in total. The summed E-state index contributed by atoms with van der Waals surface area (Å²) in [6, 6.07) is 0. The second-order valence-electron chi connectivity index (χ2n) is 3.92. The molecule has 2 heterocycles. The number of carbonyl (C=O) groups is 1. The molecular weight excluding hydrogens is 196 g/mol. The third-order valence-electron chi connectivity index (χ3n) is 2.56. The Bertz CT molecular complexity index is 411. The molecule has 0 radical (unpaired) electrons. The van der Waals surface area contributed by atoms with Gasteiger partial charge in [-0.3, -0.25) is 0 Å². The van der Waals surface area contributed by atoms with Crippen molar-refractivity contribution in [3.8, 4) is 5.75 Å². The zero-order valence-corrected chi connectivity index (χ0v) is 9.02. The number of carboxylic acid groups (broad SMARTS) is 1. The number of ether oxygens (including phenoxy) is 1. The number of carboxylic acids is 1. The first kappa shape index (κ1) is 9.89. The Hall–Kier alpha value is -1.65. The van der Waals surface area contributed by atoms with Crippen LogP contribution in [0, 0.1) is 0 Å². The van der Waals surface area contributed by atoms with Crippen LogP contribution in [0.3, 0.4) is 0 Å². The summed E-state index contributed by atoms with van der Waals surface area (Å²) in [6.07, 6.45) is 1.80. The van der Waals surface area contributed by atoms with Gasteiger partial charge in [0.1, 0.15) is 11.8 Å². The van der Waals surface area contributed by atoms with Crippen molar-refractivity contribution in [2.45, 2.75) is 13.0 Å². The van der Waals surface area contributed by atoms with Gasteiger partial charge in [0.2, 0.25) is 0 Å². The molecule has 1 atom stereocenters. The van der Waals surface area contributed by atoms with Crippen molar-refractivity contribution >= 4 is 11.7 Å². The zero-order chi connectivity index (χ0) is 11.2. The molecule has 0 saturated carbocycles. The van der Waals surface area contributed by atoms with Crippen molar-refractivity contribution in [2.24, 2.45) is 7.05 Å². The molecule has 0 aliphatic carbocycles. The summed E-state index contributed by atoms with van der Waals surface area (Å²) in [7, 11) is 3.59. The molecule has 1 N–H and O–H groups in total. The maximum absolute atomic E-state index is 11.1. The predicted molar refractivity (Wildman–Crippen MR) is 55.7 cm³/mol. The third kappa shape index (κ3) is 1.44. The van der Waals surface area contributed by atoms with Gasteiger partial charge >= 0.3 is 5.97 Å². The predicted octanol–water partition coefficient (Wildman–Crippen LogP) is 0.940. The lowest BCUT2D eigenvalue weighted by Crippen LogP contribution is -2.35. The summed E-state index contributed by atoms with van der Waals surface area (Å²) in [5.74, 6) is -0.278. The number of aryl methyl sites for hydroxylation is 1. The van der Waals surface area contributed by atoms with Crippen molar-refractivity contribution < 1.29 is 14.6 Å². The summed E-state index contributed by atoms with van der Waals surface area (Å²) in [5.41, 5.74) is 0.947. The lowest BCUT2D eigenvalue weighted by molar-refractivity contribution is 0.0686.